The van der Waals surface area contributed by atoms with E-state index >= 15 is 0 Å². The lowest BCUT2D eigenvalue weighted by Gasteiger charge is -2.40. The lowest BCUT2D eigenvalue weighted by atomic mass is 9.85. The first-order chi connectivity index (χ1) is 21.0. The molecule has 4 aromatic rings. The molecule has 0 radical (unpaired) electrons. The van der Waals surface area contributed by atoms with E-state index in [0.717, 1.165) is 16.3 Å². The predicted octanol–water partition coefficient (Wildman–Crippen LogP) is 5.95. The van der Waals surface area contributed by atoms with Crippen LogP contribution in [-0.2, 0) is 14.3 Å². The zero-order chi connectivity index (χ0) is 29.8. The third-order valence-corrected chi connectivity index (χ3v) is 7.61. The van der Waals surface area contributed by atoms with E-state index in [1.807, 2.05) is 72.8 Å². The van der Waals surface area contributed by atoms with Gasteiger partial charge in [-0.2, -0.15) is 5.01 Å². The van der Waals surface area contributed by atoms with Gasteiger partial charge in [-0.1, -0.05) is 66.7 Å². The van der Waals surface area contributed by atoms with Crippen LogP contribution in [0.25, 0.3) is 22.2 Å². The van der Waals surface area contributed by atoms with Crippen molar-refractivity contribution in [3.8, 4) is 11.3 Å². The number of hydrogen-bond donors (Lipinski definition) is 1. The Morgan fingerprint density at radius 3 is 2.44 bits per heavy atom. The number of hydrogen-bond acceptors (Lipinski definition) is 7. The summed E-state index contributed by atoms with van der Waals surface area (Å²) in [6.07, 6.45) is 5.29. The van der Waals surface area contributed by atoms with Gasteiger partial charge in [0.15, 0.2) is 0 Å². The number of nitrogens with zero attached hydrogens (tertiary/aromatic N) is 3. The van der Waals surface area contributed by atoms with E-state index in [4.69, 9.17) is 14.5 Å². The highest BCUT2D eigenvalue weighted by Gasteiger charge is 2.36. The first kappa shape index (κ1) is 27.7. The topological polar surface area (TPSA) is 101 Å². The van der Waals surface area contributed by atoms with Crippen molar-refractivity contribution in [3.63, 3.8) is 0 Å². The van der Waals surface area contributed by atoms with Gasteiger partial charge in [-0.05, 0) is 30.4 Å². The Morgan fingerprint density at radius 1 is 1.00 bits per heavy atom. The van der Waals surface area contributed by atoms with Gasteiger partial charge in [0.05, 0.1) is 41.9 Å². The number of ketones is 1. The molecule has 1 unspecified atom stereocenters. The number of aromatic nitrogens is 1. The number of allylic oxidation sites excluding steroid dienone is 1. The van der Waals surface area contributed by atoms with Crippen LogP contribution < -0.4 is 10.4 Å². The number of fused-ring (bicyclic) bond motifs is 1. The van der Waals surface area contributed by atoms with Crippen LogP contribution in [0.2, 0.25) is 0 Å². The molecule has 216 valence electrons. The fourth-order valence-electron chi connectivity index (χ4n) is 5.64. The summed E-state index contributed by atoms with van der Waals surface area (Å²) in [4.78, 5) is 47.7. The highest BCUT2D eigenvalue weighted by molar-refractivity contribution is 6.11. The summed E-state index contributed by atoms with van der Waals surface area (Å²) >= 11 is 0. The van der Waals surface area contributed by atoms with Crippen LogP contribution in [0.4, 0.5) is 10.5 Å². The number of Topliss-reactive ketones (excluding diaryl/α,β-unsaturated/α-hetero) is 1. The molecule has 3 aromatic carbocycles. The molecular formula is C34H30N4O5. The van der Waals surface area contributed by atoms with Crippen molar-refractivity contribution in [1.29, 1.82) is 0 Å². The van der Waals surface area contributed by atoms with E-state index in [2.05, 4.69) is 10.3 Å². The number of carbonyl (C=O) groups excluding carboxylic acids is 3. The minimum atomic E-state index is -0.755. The normalized spacial score (nSPS) is 16.3. The van der Waals surface area contributed by atoms with Gasteiger partial charge in [-0.3, -0.25) is 15.0 Å². The summed E-state index contributed by atoms with van der Waals surface area (Å²) in [5.41, 5.74) is 7.07. The average Bonchev–Trinajstić information content (AvgIpc) is 3.07. The second-order valence-corrected chi connectivity index (χ2v) is 10.2. The summed E-state index contributed by atoms with van der Waals surface area (Å²) < 4.78 is 10.4. The number of para-hydroxylation sites is 2. The molecule has 3 heterocycles. The van der Waals surface area contributed by atoms with E-state index in [1.54, 1.807) is 30.5 Å². The smallest absolute Gasteiger partial charge is 0.433 e. The lowest BCUT2D eigenvalue weighted by molar-refractivity contribution is -0.122. The molecule has 1 N–H and O–H groups in total. The zero-order valence-corrected chi connectivity index (χ0v) is 23.6. The number of benzene rings is 3. The van der Waals surface area contributed by atoms with E-state index in [0.29, 0.717) is 53.0 Å². The second kappa shape index (κ2) is 12.2. The van der Waals surface area contributed by atoms with Gasteiger partial charge in [0, 0.05) is 41.6 Å². The highest BCUT2D eigenvalue weighted by atomic mass is 16.5. The molecule has 0 spiro atoms. The van der Waals surface area contributed by atoms with Crippen molar-refractivity contribution in [2.45, 2.75) is 18.9 Å². The molecule has 9 heteroatoms. The van der Waals surface area contributed by atoms with Crippen molar-refractivity contribution < 1.29 is 23.9 Å². The van der Waals surface area contributed by atoms with Crippen LogP contribution >= 0.6 is 0 Å². The predicted molar refractivity (Wildman–Crippen MR) is 163 cm³/mol. The van der Waals surface area contributed by atoms with E-state index in [1.165, 1.54) is 7.11 Å². The Balaban J connectivity index is 1.59. The second-order valence-electron chi connectivity index (χ2n) is 10.2. The Labute approximate surface area is 249 Å². The van der Waals surface area contributed by atoms with Crippen molar-refractivity contribution >= 4 is 34.4 Å². The highest BCUT2D eigenvalue weighted by Crippen LogP contribution is 2.42. The third-order valence-electron chi connectivity index (χ3n) is 7.61. The van der Waals surface area contributed by atoms with Crippen LogP contribution in [0.3, 0.4) is 0 Å². The average molecular weight is 575 g/mol. The SMILES string of the molecule is COC(=O)N(NC(=O)c1c(C2CC(=O)CCN2C2=CCOC=C2)c(-c2ccccc2)nc2ccccc12)c1ccccc1. The van der Waals surface area contributed by atoms with Crippen LogP contribution in [0, 0.1) is 0 Å². The van der Waals surface area contributed by atoms with E-state index in [-0.39, 0.29) is 12.2 Å². The maximum atomic E-state index is 14.5. The summed E-state index contributed by atoms with van der Waals surface area (Å²) in [7, 11) is 1.26. The maximum Gasteiger partial charge on any atom is 0.433 e. The summed E-state index contributed by atoms with van der Waals surface area (Å²) in [6.45, 7) is 0.878. The largest absolute Gasteiger partial charge is 0.497 e. The monoisotopic (exact) mass is 574 g/mol. The molecule has 1 aromatic heterocycles. The number of ether oxygens (including phenoxy) is 2. The number of methoxy groups -OCH3 is 1. The summed E-state index contributed by atoms with van der Waals surface area (Å²) in [5, 5.41) is 1.68. The summed E-state index contributed by atoms with van der Waals surface area (Å²) in [5.74, 6) is -0.439. The number of nitrogens with one attached hydrogen (secondary N) is 1. The standard InChI is InChI=1S/C34H30N4O5/c1-42-34(41)38(25-12-6-3-7-13-25)36-33(40)30-27-14-8-9-15-28(27)35-32(23-10-4-2-5-11-23)31(30)29-22-26(39)16-19-37(29)24-17-20-43-21-18-24/h2-15,17-18,20,29H,16,19,21-22H2,1H3,(H,36,40). The third kappa shape index (κ3) is 5.57. The molecule has 0 aliphatic carbocycles. The Morgan fingerprint density at radius 2 is 1.72 bits per heavy atom. The minimum Gasteiger partial charge on any atom is -0.497 e. The van der Waals surface area contributed by atoms with E-state index in [9.17, 15) is 14.4 Å². The molecule has 43 heavy (non-hydrogen) atoms. The Kier molecular flexibility index (Phi) is 7.86. The fraction of sp³-hybridized carbons (Fsp3) is 0.176. The first-order valence-corrected chi connectivity index (χ1v) is 14.0. The van der Waals surface area contributed by atoms with Crippen LogP contribution in [0.15, 0.2) is 109 Å². The minimum absolute atomic E-state index is 0.0943. The maximum absolute atomic E-state index is 14.5. The fourth-order valence-corrected chi connectivity index (χ4v) is 5.64. The zero-order valence-electron chi connectivity index (χ0n) is 23.6. The Hall–Kier alpha value is -5.44. The van der Waals surface area contributed by atoms with Gasteiger partial charge in [0.1, 0.15) is 12.4 Å². The number of hydrazine groups is 1. The number of anilines is 1. The number of amides is 2. The van der Waals surface area contributed by atoms with Gasteiger partial charge in [-0.25, -0.2) is 9.78 Å². The van der Waals surface area contributed by atoms with Gasteiger partial charge in [0.25, 0.3) is 5.91 Å². The molecule has 6 rings (SSSR count). The van der Waals surface area contributed by atoms with Gasteiger partial charge >= 0.3 is 6.09 Å². The molecule has 2 aliphatic heterocycles. The Bertz CT molecular complexity index is 1740. The van der Waals surface area contributed by atoms with Crippen molar-refractivity contribution in [3.05, 3.63) is 120 Å². The number of pyridine rings is 1. The van der Waals surface area contributed by atoms with Gasteiger partial charge in [0.2, 0.25) is 0 Å². The summed E-state index contributed by atoms with van der Waals surface area (Å²) in [6, 6.07) is 25.3. The van der Waals surface area contributed by atoms with Crippen molar-refractivity contribution in [1.82, 2.24) is 15.3 Å². The van der Waals surface area contributed by atoms with E-state index < -0.39 is 18.0 Å². The van der Waals surface area contributed by atoms with Crippen LogP contribution in [0.5, 0.6) is 0 Å². The van der Waals surface area contributed by atoms with Gasteiger partial charge in [-0.15, -0.1) is 0 Å². The first-order valence-electron chi connectivity index (χ1n) is 14.0. The quantitative estimate of drug-likeness (QED) is 0.294. The van der Waals surface area contributed by atoms with Crippen LogP contribution in [0.1, 0.15) is 34.8 Å². The lowest BCUT2D eigenvalue weighted by Crippen LogP contribution is -2.47. The number of carbonyl (C=O) groups is 3. The molecule has 0 bridgehead atoms. The number of likely N-dealkylation sites (tertiary alicyclic amines) is 1. The molecular weight excluding hydrogens is 544 g/mol. The molecule has 2 aliphatic rings. The number of rotatable bonds is 5. The number of piperidine rings is 1. The molecule has 2 amide bonds. The molecule has 1 atom stereocenters. The molecule has 1 saturated heterocycles. The van der Waals surface area contributed by atoms with Crippen molar-refractivity contribution in [2.24, 2.45) is 0 Å². The van der Waals surface area contributed by atoms with Crippen LogP contribution in [-0.4, -0.2) is 47.9 Å². The molecule has 0 saturated carbocycles. The molecule has 9 nitrogen and oxygen atoms in total. The van der Waals surface area contributed by atoms with Crippen molar-refractivity contribution in [2.75, 3.05) is 25.3 Å². The molecule has 1 fully saturated rings. The van der Waals surface area contributed by atoms with Gasteiger partial charge < -0.3 is 14.4 Å².